The minimum absolute atomic E-state index is 0.000812. The molecule has 0 spiro atoms. The van der Waals surface area contributed by atoms with Crippen molar-refractivity contribution in [2.24, 2.45) is 53.3 Å². The molecule has 0 saturated carbocycles. The number of ether oxygens (including phenoxy) is 5. The summed E-state index contributed by atoms with van der Waals surface area (Å²) in [5.41, 5.74) is 23.7. The van der Waals surface area contributed by atoms with E-state index in [1.54, 1.807) is 29.3 Å². The number of carbonyl (C=O) groups is 9. The smallest absolute Gasteiger partial charge is 0.302 e. The maximum atomic E-state index is 12.4. The Kier molecular flexibility index (Phi) is 37.3. The average Bonchev–Trinajstić information content (AvgIpc) is 1.64. The summed E-state index contributed by atoms with van der Waals surface area (Å²) >= 11 is 6.02. The lowest BCUT2D eigenvalue weighted by molar-refractivity contribution is -0.144. The second-order valence-corrected chi connectivity index (χ2v) is 31.4. The maximum Gasteiger partial charge on any atom is 0.302 e. The normalized spacial score (nSPS) is 20.2. The number of benzene rings is 7. The van der Waals surface area contributed by atoms with Gasteiger partial charge in [0.25, 0.3) is 0 Å². The fourth-order valence-electron chi connectivity index (χ4n) is 14.2. The van der Waals surface area contributed by atoms with Crippen LogP contribution in [0, 0.1) is 53.3 Å². The molecule has 26 nitrogen and oxygen atoms in total. The van der Waals surface area contributed by atoms with Gasteiger partial charge in [0.2, 0.25) is 35.4 Å². The lowest BCUT2D eigenvalue weighted by Gasteiger charge is -2.28. The number of halogens is 1. The third kappa shape index (κ3) is 28.9. The van der Waals surface area contributed by atoms with Crippen molar-refractivity contribution in [1.29, 1.82) is 0 Å². The topological polar surface area (TPSA) is 291 Å². The van der Waals surface area contributed by atoms with Gasteiger partial charge in [0.05, 0.1) is 127 Å². The fraction of sp³-hybridized carbons (Fsp3) is 0.446. The zero-order chi connectivity index (χ0) is 85.9. The van der Waals surface area contributed by atoms with Crippen LogP contribution in [0.2, 0.25) is 5.02 Å². The highest BCUT2D eigenvalue weighted by Crippen LogP contribution is 2.38. The molecule has 13 rings (SSSR count). The largest absolute Gasteiger partial charge is 0.495 e. The number of amides is 6. The van der Waals surface area contributed by atoms with Gasteiger partial charge < -0.3 is 23.7 Å². The van der Waals surface area contributed by atoms with Crippen LogP contribution in [0.3, 0.4) is 0 Å². The number of hydrogen-bond acceptors (Lipinski definition) is 20. The van der Waals surface area contributed by atoms with Crippen LogP contribution < -0.4 is 72.1 Å². The first-order valence-electron chi connectivity index (χ1n) is 41.5. The van der Waals surface area contributed by atoms with E-state index in [1.165, 1.54) is 78.6 Å². The highest BCUT2D eigenvalue weighted by atomic mass is 35.5. The van der Waals surface area contributed by atoms with E-state index < -0.39 is 5.92 Å². The number of hydrogen-bond donors (Lipinski definition) is 6. The molecule has 6 amide bonds. The van der Waals surface area contributed by atoms with Crippen molar-refractivity contribution in [1.82, 2.24) is 32.6 Å². The Morgan fingerprint density at radius 3 is 1.42 bits per heavy atom. The molecule has 119 heavy (non-hydrogen) atoms. The quantitative estimate of drug-likeness (QED) is 0.0144. The van der Waals surface area contributed by atoms with Crippen LogP contribution in [0.4, 0.5) is 34.1 Å². The molecule has 7 aromatic carbocycles. The summed E-state index contributed by atoms with van der Waals surface area (Å²) in [6.07, 6.45) is 12.3. The first-order valence-corrected chi connectivity index (χ1v) is 41.9. The van der Waals surface area contributed by atoms with Crippen molar-refractivity contribution in [3.63, 3.8) is 0 Å². The molecule has 6 aliphatic heterocycles. The predicted molar refractivity (Wildman–Crippen MR) is 465 cm³/mol. The van der Waals surface area contributed by atoms with Gasteiger partial charge in [-0.3, -0.25) is 106 Å². The number of nitrogens with zero attached hydrogens (tertiary/aromatic N) is 6. The third-order valence-corrected chi connectivity index (χ3v) is 21.9. The molecule has 6 saturated heterocycles. The summed E-state index contributed by atoms with van der Waals surface area (Å²) in [6, 6.07) is 62.0. The van der Waals surface area contributed by atoms with Gasteiger partial charge >= 0.3 is 17.9 Å². The van der Waals surface area contributed by atoms with Crippen molar-refractivity contribution in [2.75, 3.05) is 89.8 Å². The Labute approximate surface area is 706 Å². The molecule has 6 heterocycles. The SMILES string of the molecule is CC(=O)OCC1C(=O)NN(c2ccccc2)C1c1ccccc1.CC(=O)OCC1CN(c2ccccc2)NC1=O.CC(=O)OCCC1CN(c2ccccc2)NC1=O.CC1C(=O)NN(c2ccccc2)C1C.CCCCCC(C)CCC(COc1cccc(N2CC(C)C(=O)N2)c1)C(C)CCCC.COc1ccc(N2CC(C)C(=O)N2)cc1Cl. The first kappa shape index (κ1) is 93.0. The Hall–Kier alpha value is -11.5. The molecule has 7 aromatic rings. The van der Waals surface area contributed by atoms with Crippen molar-refractivity contribution < 1.29 is 66.8 Å². The summed E-state index contributed by atoms with van der Waals surface area (Å²) in [6.45, 7) is 25.0. The minimum atomic E-state index is -0.457. The summed E-state index contributed by atoms with van der Waals surface area (Å²) in [4.78, 5) is 103. The van der Waals surface area contributed by atoms with E-state index >= 15 is 0 Å². The number of methoxy groups -OCH3 is 1. The number of esters is 3. The molecule has 0 bridgehead atoms. The van der Waals surface area contributed by atoms with Crippen LogP contribution in [0.25, 0.3) is 0 Å². The number of hydrazine groups is 6. The van der Waals surface area contributed by atoms with E-state index in [0.717, 1.165) is 58.0 Å². The molecule has 0 aliphatic carbocycles. The van der Waals surface area contributed by atoms with E-state index in [9.17, 15) is 43.2 Å². The molecule has 6 aliphatic rings. The lowest BCUT2D eigenvalue weighted by atomic mass is 9.84. The first-order chi connectivity index (χ1) is 57.2. The monoisotopic (exact) mass is 1650 g/mol. The molecular formula is C92H121ClN12O14. The van der Waals surface area contributed by atoms with Crippen molar-refractivity contribution in [3.8, 4) is 11.5 Å². The summed E-state index contributed by atoms with van der Waals surface area (Å²) in [5, 5.41) is 11.6. The van der Waals surface area contributed by atoms with E-state index in [-0.39, 0.29) is 115 Å². The highest BCUT2D eigenvalue weighted by Gasteiger charge is 2.43. The number of carbonyl (C=O) groups excluding carboxylic acids is 9. The Morgan fingerprint density at radius 2 is 0.924 bits per heavy atom. The fourth-order valence-corrected chi connectivity index (χ4v) is 14.4. The molecular weight excluding hydrogens is 1530 g/mol. The lowest BCUT2D eigenvalue weighted by Crippen LogP contribution is -2.37. The van der Waals surface area contributed by atoms with Crippen LogP contribution in [0.15, 0.2) is 194 Å². The van der Waals surface area contributed by atoms with Crippen LogP contribution in [-0.4, -0.2) is 119 Å². The molecule has 0 radical (unpaired) electrons. The van der Waals surface area contributed by atoms with Crippen LogP contribution in [0.5, 0.6) is 11.5 Å². The molecule has 11 unspecified atom stereocenters. The maximum absolute atomic E-state index is 12.4. The number of unbranched alkanes of at least 4 members (excludes halogenated alkanes) is 3. The standard InChI is InChI=1S/C27H46N2O2.C18H18N2O3.C13H16N2O3.C12H14N2O3.C11H13ClN2O2.C11H14N2O/c1-6-8-10-12-21(3)16-17-24(22(4)13-9-7-2)20-31-26-15-11-14-25(18-26)29-19-23(5)27(30)28-29;1-13(21)23-12-16-17(14-8-4-2-5-9-14)20(19-18(16)22)15-10-6-3-7-11-15;1-10(16)18-8-7-11-9-15(14-13(11)17)12-5-3-2-4-6-12;1-9(15)17-8-10-7-14(13-12(10)16)11-5-3-2-4-6-11;1-7-6-14(13-11(7)15)8-3-4-10(16-2)9(12)5-8;1-8-9(2)13(12-11(8)14)10-6-4-3-5-7-10/h11,14-15,18,21-24H,6-10,12-13,16-17,19-20H2,1-5H3,(H,28,30);2-11,16-17H,12H2,1H3,(H,19,22);2-6,11H,7-9H2,1H3,(H,14,17);2-6,10H,7-8H2,1H3,(H,13,16);3-5,7H,6H2,1-2H3,(H,13,15);3-9H,1-2H3,(H,12,14). The number of para-hydroxylation sites is 4. The highest BCUT2D eigenvalue weighted by molar-refractivity contribution is 6.32. The predicted octanol–water partition coefficient (Wildman–Crippen LogP) is 14.7. The van der Waals surface area contributed by atoms with Gasteiger partial charge in [0.15, 0.2) is 0 Å². The van der Waals surface area contributed by atoms with Gasteiger partial charge in [-0.1, -0.05) is 221 Å². The van der Waals surface area contributed by atoms with Gasteiger partial charge in [-0.05, 0) is 122 Å². The molecule has 6 fully saturated rings. The van der Waals surface area contributed by atoms with Crippen molar-refractivity contribution in [3.05, 3.63) is 205 Å². The second kappa shape index (κ2) is 47.8. The van der Waals surface area contributed by atoms with Gasteiger partial charge in [0, 0.05) is 26.8 Å². The van der Waals surface area contributed by atoms with E-state index in [0.29, 0.717) is 55.2 Å². The van der Waals surface area contributed by atoms with Gasteiger partial charge in [-0.25, -0.2) is 0 Å². The van der Waals surface area contributed by atoms with Gasteiger partial charge in [-0.2, -0.15) is 0 Å². The van der Waals surface area contributed by atoms with Crippen LogP contribution in [-0.2, 0) is 57.4 Å². The Bertz CT molecular complexity index is 4350. The molecule has 11 atom stereocenters. The van der Waals surface area contributed by atoms with Crippen molar-refractivity contribution >= 4 is 99.1 Å². The number of anilines is 6. The molecule has 0 aromatic heterocycles. The van der Waals surface area contributed by atoms with E-state index in [1.807, 2.05) is 217 Å². The second-order valence-electron chi connectivity index (χ2n) is 31.0. The van der Waals surface area contributed by atoms with Crippen LogP contribution >= 0.6 is 11.6 Å². The van der Waals surface area contributed by atoms with Crippen molar-refractivity contribution in [2.45, 2.75) is 152 Å². The summed E-state index contributed by atoms with van der Waals surface area (Å²) in [7, 11) is 1.57. The zero-order valence-corrected chi connectivity index (χ0v) is 71.6. The third-order valence-electron chi connectivity index (χ3n) is 21.6. The molecule has 640 valence electrons. The number of rotatable bonds is 29. The summed E-state index contributed by atoms with van der Waals surface area (Å²) in [5.74, 6) is 1.65. The van der Waals surface area contributed by atoms with E-state index in [2.05, 4.69) is 73.2 Å². The molecule has 27 heteroatoms. The summed E-state index contributed by atoms with van der Waals surface area (Å²) < 4.78 is 26.2. The Balaban J connectivity index is 0.000000182. The average molecular weight is 1650 g/mol. The van der Waals surface area contributed by atoms with Crippen LogP contribution in [0.1, 0.15) is 152 Å². The Morgan fingerprint density at radius 1 is 0.454 bits per heavy atom. The minimum Gasteiger partial charge on any atom is -0.495 e. The zero-order valence-electron chi connectivity index (χ0n) is 70.8. The molecule has 6 N–H and O–H groups in total. The van der Waals surface area contributed by atoms with E-state index in [4.69, 9.17) is 35.3 Å². The van der Waals surface area contributed by atoms with Gasteiger partial charge in [0.1, 0.15) is 30.6 Å². The number of nitrogens with one attached hydrogen (secondary N) is 6. The van der Waals surface area contributed by atoms with Gasteiger partial charge in [-0.15, -0.1) is 0 Å².